The van der Waals surface area contributed by atoms with Crippen LogP contribution in [0.3, 0.4) is 0 Å². The molecule has 2 aromatic rings. The highest BCUT2D eigenvalue weighted by Crippen LogP contribution is 2.18. The van der Waals surface area contributed by atoms with Crippen LogP contribution < -0.4 is 10.2 Å². The quantitative estimate of drug-likeness (QED) is 0.854. The Bertz CT molecular complexity index is 609. The molecule has 110 valence electrons. The lowest BCUT2D eigenvalue weighted by molar-refractivity contribution is 0.102. The summed E-state index contributed by atoms with van der Waals surface area (Å²) in [7, 11) is 0. The molecule has 1 aromatic heterocycles. The van der Waals surface area contributed by atoms with E-state index in [0.29, 0.717) is 10.8 Å². The molecule has 1 amide bonds. The molecular formula is C16H18ClN3O. The van der Waals surface area contributed by atoms with E-state index in [2.05, 4.69) is 29.0 Å². The van der Waals surface area contributed by atoms with E-state index in [4.69, 9.17) is 11.6 Å². The lowest BCUT2D eigenvalue weighted by Gasteiger charge is -2.21. The summed E-state index contributed by atoms with van der Waals surface area (Å²) in [4.78, 5) is 18.3. The third kappa shape index (κ3) is 3.95. The van der Waals surface area contributed by atoms with Gasteiger partial charge in [-0.3, -0.25) is 4.79 Å². The molecule has 21 heavy (non-hydrogen) atoms. The molecule has 1 N–H and O–H groups in total. The summed E-state index contributed by atoms with van der Waals surface area (Å²) in [5, 5.41) is 3.11. The Morgan fingerprint density at radius 2 is 1.81 bits per heavy atom. The normalized spacial score (nSPS) is 10.2. The van der Waals surface area contributed by atoms with Crippen LogP contribution in [0.5, 0.6) is 0 Å². The molecule has 0 aliphatic rings. The van der Waals surface area contributed by atoms with Gasteiger partial charge in [0.05, 0.1) is 0 Å². The zero-order valence-electron chi connectivity index (χ0n) is 12.1. The second kappa shape index (κ2) is 7.09. The minimum atomic E-state index is -0.270. The van der Waals surface area contributed by atoms with Crippen LogP contribution in [-0.2, 0) is 0 Å². The first-order chi connectivity index (χ1) is 10.1. The molecule has 0 bridgehead atoms. The van der Waals surface area contributed by atoms with Crippen LogP contribution in [0, 0.1) is 0 Å². The molecule has 0 saturated carbocycles. The van der Waals surface area contributed by atoms with Gasteiger partial charge < -0.3 is 10.2 Å². The van der Waals surface area contributed by atoms with Crippen molar-refractivity contribution < 1.29 is 4.79 Å². The van der Waals surface area contributed by atoms with Gasteiger partial charge in [-0.2, -0.15) is 0 Å². The summed E-state index contributed by atoms with van der Waals surface area (Å²) in [5.74, 6) is -0.270. The molecule has 0 atom stereocenters. The second-order valence-electron chi connectivity index (χ2n) is 4.52. The van der Waals surface area contributed by atoms with E-state index < -0.39 is 0 Å². The standard InChI is InChI=1S/C16H18ClN3O/c1-3-20(4-2)13-10-8-12(9-11-13)18-16(21)14-6-5-7-15(17)19-14/h5-11H,3-4H2,1-2H3,(H,18,21). The van der Waals surface area contributed by atoms with Crippen molar-refractivity contribution in [1.82, 2.24) is 4.98 Å². The largest absolute Gasteiger partial charge is 0.372 e. The van der Waals surface area contributed by atoms with Gasteiger partial charge in [-0.15, -0.1) is 0 Å². The number of pyridine rings is 1. The molecule has 0 fully saturated rings. The van der Waals surface area contributed by atoms with Gasteiger partial charge in [0.15, 0.2) is 0 Å². The van der Waals surface area contributed by atoms with Crippen LogP contribution in [0.2, 0.25) is 5.15 Å². The maximum Gasteiger partial charge on any atom is 0.274 e. The number of nitrogens with zero attached hydrogens (tertiary/aromatic N) is 2. The smallest absolute Gasteiger partial charge is 0.274 e. The minimum Gasteiger partial charge on any atom is -0.372 e. The molecule has 0 saturated heterocycles. The van der Waals surface area contributed by atoms with Crippen molar-refractivity contribution in [2.45, 2.75) is 13.8 Å². The van der Waals surface area contributed by atoms with E-state index in [1.54, 1.807) is 18.2 Å². The number of carbonyl (C=O) groups is 1. The lowest BCUT2D eigenvalue weighted by Crippen LogP contribution is -2.21. The molecule has 0 radical (unpaired) electrons. The fraction of sp³-hybridized carbons (Fsp3) is 0.250. The van der Waals surface area contributed by atoms with Crippen molar-refractivity contribution >= 4 is 28.9 Å². The zero-order valence-corrected chi connectivity index (χ0v) is 12.9. The fourth-order valence-corrected chi connectivity index (χ4v) is 2.24. The summed E-state index contributed by atoms with van der Waals surface area (Å²) < 4.78 is 0. The van der Waals surface area contributed by atoms with Gasteiger partial charge in [-0.25, -0.2) is 4.98 Å². The number of amides is 1. The molecule has 2 rings (SSSR count). The summed E-state index contributed by atoms with van der Waals surface area (Å²) in [6.45, 7) is 6.14. The zero-order chi connectivity index (χ0) is 15.2. The van der Waals surface area contributed by atoms with Gasteiger partial charge in [-0.05, 0) is 50.2 Å². The number of benzene rings is 1. The SMILES string of the molecule is CCN(CC)c1ccc(NC(=O)c2cccc(Cl)n2)cc1. The molecular weight excluding hydrogens is 286 g/mol. The van der Waals surface area contributed by atoms with E-state index in [-0.39, 0.29) is 5.91 Å². The Labute approximate surface area is 129 Å². The number of aromatic nitrogens is 1. The molecule has 5 heteroatoms. The van der Waals surface area contributed by atoms with E-state index in [9.17, 15) is 4.79 Å². The van der Waals surface area contributed by atoms with E-state index in [1.807, 2.05) is 24.3 Å². The molecule has 0 aliphatic heterocycles. The summed E-state index contributed by atoms with van der Waals surface area (Å²) in [6.07, 6.45) is 0. The maximum atomic E-state index is 12.1. The van der Waals surface area contributed by atoms with Crippen molar-refractivity contribution in [1.29, 1.82) is 0 Å². The topological polar surface area (TPSA) is 45.2 Å². The third-order valence-corrected chi connectivity index (χ3v) is 3.41. The predicted octanol–water partition coefficient (Wildman–Crippen LogP) is 3.83. The van der Waals surface area contributed by atoms with Crippen LogP contribution in [-0.4, -0.2) is 24.0 Å². The van der Waals surface area contributed by atoms with Crippen LogP contribution in [0.1, 0.15) is 24.3 Å². The fourth-order valence-electron chi connectivity index (χ4n) is 2.07. The average Bonchev–Trinajstić information content (AvgIpc) is 2.50. The van der Waals surface area contributed by atoms with Crippen LogP contribution in [0.25, 0.3) is 0 Å². The van der Waals surface area contributed by atoms with Crippen molar-refractivity contribution in [3.63, 3.8) is 0 Å². The predicted molar refractivity (Wildman–Crippen MR) is 87.2 cm³/mol. The lowest BCUT2D eigenvalue weighted by atomic mass is 10.2. The summed E-state index contributed by atoms with van der Waals surface area (Å²) >= 11 is 5.78. The van der Waals surface area contributed by atoms with E-state index in [1.165, 1.54) is 0 Å². The molecule has 0 aliphatic carbocycles. The molecule has 4 nitrogen and oxygen atoms in total. The number of rotatable bonds is 5. The maximum absolute atomic E-state index is 12.1. The minimum absolute atomic E-state index is 0.270. The van der Waals surface area contributed by atoms with Gasteiger partial charge in [0.2, 0.25) is 0 Å². The average molecular weight is 304 g/mol. The summed E-state index contributed by atoms with van der Waals surface area (Å²) in [5.41, 5.74) is 2.17. The number of halogens is 1. The molecule has 1 aromatic carbocycles. The molecule has 0 unspecified atom stereocenters. The van der Waals surface area contributed by atoms with Crippen LogP contribution in [0.4, 0.5) is 11.4 Å². The molecule has 1 heterocycles. The van der Waals surface area contributed by atoms with Gasteiger partial charge in [0, 0.05) is 24.5 Å². The van der Waals surface area contributed by atoms with E-state index >= 15 is 0 Å². The van der Waals surface area contributed by atoms with Crippen molar-refractivity contribution in [2.24, 2.45) is 0 Å². The number of hydrogen-bond donors (Lipinski definition) is 1. The highest BCUT2D eigenvalue weighted by Gasteiger charge is 2.08. The highest BCUT2D eigenvalue weighted by molar-refractivity contribution is 6.29. The van der Waals surface area contributed by atoms with Crippen molar-refractivity contribution in [3.8, 4) is 0 Å². The Morgan fingerprint density at radius 1 is 1.14 bits per heavy atom. The third-order valence-electron chi connectivity index (χ3n) is 3.20. The Hall–Kier alpha value is -2.07. The first kappa shape index (κ1) is 15.3. The van der Waals surface area contributed by atoms with Gasteiger partial charge in [-0.1, -0.05) is 17.7 Å². The number of hydrogen-bond acceptors (Lipinski definition) is 3. The number of anilines is 2. The first-order valence-electron chi connectivity index (χ1n) is 6.93. The Kier molecular flexibility index (Phi) is 5.17. The van der Waals surface area contributed by atoms with Gasteiger partial charge in [0.25, 0.3) is 5.91 Å². The van der Waals surface area contributed by atoms with E-state index in [0.717, 1.165) is 24.5 Å². The van der Waals surface area contributed by atoms with Crippen molar-refractivity contribution in [2.75, 3.05) is 23.3 Å². The highest BCUT2D eigenvalue weighted by atomic mass is 35.5. The monoisotopic (exact) mass is 303 g/mol. The van der Waals surface area contributed by atoms with Crippen LogP contribution in [0.15, 0.2) is 42.5 Å². The second-order valence-corrected chi connectivity index (χ2v) is 4.91. The Balaban J connectivity index is 2.08. The van der Waals surface area contributed by atoms with Gasteiger partial charge in [0.1, 0.15) is 10.8 Å². The number of nitrogens with one attached hydrogen (secondary N) is 1. The van der Waals surface area contributed by atoms with Crippen LogP contribution >= 0.6 is 11.6 Å². The van der Waals surface area contributed by atoms with Gasteiger partial charge >= 0.3 is 0 Å². The first-order valence-corrected chi connectivity index (χ1v) is 7.30. The number of carbonyl (C=O) groups excluding carboxylic acids is 1. The molecule has 0 spiro atoms. The van der Waals surface area contributed by atoms with Crippen molar-refractivity contribution in [3.05, 3.63) is 53.3 Å². The summed E-state index contributed by atoms with van der Waals surface area (Å²) in [6, 6.07) is 12.7. The Morgan fingerprint density at radius 3 is 2.38 bits per heavy atom.